The zero-order chi connectivity index (χ0) is 25.0. The van der Waals surface area contributed by atoms with Crippen LogP contribution in [0.2, 0.25) is 0 Å². The highest BCUT2D eigenvalue weighted by Crippen LogP contribution is 2.27. The second kappa shape index (κ2) is 10.5. The summed E-state index contributed by atoms with van der Waals surface area (Å²) in [5, 5.41) is 12.1. The van der Waals surface area contributed by atoms with Gasteiger partial charge in [0.25, 0.3) is 5.91 Å². The van der Waals surface area contributed by atoms with Crippen molar-refractivity contribution >= 4 is 27.6 Å². The lowest BCUT2D eigenvalue weighted by molar-refractivity contribution is -0.130. The number of benzene rings is 1. The van der Waals surface area contributed by atoms with Gasteiger partial charge in [0, 0.05) is 27.2 Å². The molecule has 10 nitrogen and oxygen atoms in total. The summed E-state index contributed by atoms with van der Waals surface area (Å²) in [5.74, 6) is -1.63. The molecule has 0 bridgehead atoms. The molecular formula is C22H32N4O6S. The fraction of sp³-hybridized carbons (Fsp3) is 0.591. The molecular weight excluding hydrogens is 448 g/mol. The van der Waals surface area contributed by atoms with Crippen LogP contribution in [0.3, 0.4) is 0 Å². The number of esters is 1. The number of hydrogen-bond acceptors (Lipinski definition) is 8. The molecule has 2 rings (SSSR count). The van der Waals surface area contributed by atoms with Crippen LogP contribution in [0.15, 0.2) is 23.1 Å². The SMILES string of the molecule is CC(C)[C@](C)(C#N)NC(=O)[C@@H](C)OC(=O)c1cc(S(=O)(=O)N(C)C)ccc1N1CCOCC1. The van der Waals surface area contributed by atoms with E-state index in [0.29, 0.717) is 32.0 Å². The number of nitriles is 1. The quantitative estimate of drug-likeness (QED) is 0.553. The molecule has 1 aromatic carbocycles. The van der Waals surface area contributed by atoms with E-state index in [4.69, 9.17) is 9.47 Å². The van der Waals surface area contributed by atoms with Crippen molar-refractivity contribution in [3.8, 4) is 6.07 Å². The number of ether oxygens (including phenoxy) is 2. The largest absolute Gasteiger partial charge is 0.449 e. The number of morpholine rings is 1. The number of carbonyl (C=O) groups excluding carboxylic acids is 2. The lowest BCUT2D eigenvalue weighted by Gasteiger charge is -2.31. The molecule has 1 aromatic rings. The normalized spacial score (nSPS) is 17.2. The Kier molecular flexibility index (Phi) is 8.46. The predicted octanol–water partition coefficient (Wildman–Crippen LogP) is 1.37. The lowest BCUT2D eigenvalue weighted by Crippen LogP contribution is -2.52. The van der Waals surface area contributed by atoms with Gasteiger partial charge in [-0.3, -0.25) is 4.79 Å². The van der Waals surface area contributed by atoms with Crippen LogP contribution in [-0.4, -0.2) is 76.6 Å². The first kappa shape index (κ1) is 26.6. The summed E-state index contributed by atoms with van der Waals surface area (Å²) in [6.07, 6.45) is -1.20. The minimum atomic E-state index is -3.80. The van der Waals surface area contributed by atoms with Crippen LogP contribution in [0.5, 0.6) is 0 Å². The van der Waals surface area contributed by atoms with Gasteiger partial charge in [-0.15, -0.1) is 0 Å². The minimum Gasteiger partial charge on any atom is -0.449 e. The maximum absolute atomic E-state index is 13.1. The van der Waals surface area contributed by atoms with Crippen molar-refractivity contribution in [3.63, 3.8) is 0 Å². The molecule has 1 N–H and O–H groups in total. The number of nitrogens with zero attached hydrogens (tertiary/aromatic N) is 3. The highest BCUT2D eigenvalue weighted by Gasteiger charge is 2.33. The van der Waals surface area contributed by atoms with E-state index in [0.717, 1.165) is 4.31 Å². The molecule has 1 aliphatic heterocycles. The highest BCUT2D eigenvalue weighted by molar-refractivity contribution is 7.89. The maximum Gasteiger partial charge on any atom is 0.341 e. The standard InChI is InChI=1S/C22H32N4O6S/c1-15(2)22(4,14-23)24-20(27)16(3)32-21(28)18-13-17(33(29,30)25(5)6)7-8-19(18)26-9-11-31-12-10-26/h7-8,13,15-16H,9-12H2,1-6H3,(H,24,27)/t16-,22+/m1/s1. The molecule has 11 heteroatoms. The van der Waals surface area contributed by atoms with Crippen LogP contribution in [0.25, 0.3) is 0 Å². The van der Waals surface area contributed by atoms with E-state index < -0.39 is 33.5 Å². The Morgan fingerprint density at radius 1 is 1.24 bits per heavy atom. The van der Waals surface area contributed by atoms with Crippen molar-refractivity contribution in [2.75, 3.05) is 45.3 Å². The first-order valence-corrected chi connectivity index (χ1v) is 12.1. The summed E-state index contributed by atoms with van der Waals surface area (Å²) in [6, 6.07) is 6.34. The number of rotatable bonds is 8. The molecule has 2 atom stereocenters. The molecule has 1 aliphatic rings. The van der Waals surface area contributed by atoms with Crippen molar-refractivity contribution in [3.05, 3.63) is 23.8 Å². The third-order valence-electron chi connectivity index (χ3n) is 5.74. The van der Waals surface area contributed by atoms with E-state index in [2.05, 4.69) is 11.4 Å². The molecule has 33 heavy (non-hydrogen) atoms. The zero-order valence-corrected chi connectivity index (χ0v) is 20.7. The highest BCUT2D eigenvalue weighted by atomic mass is 32.2. The Morgan fingerprint density at radius 2 is 1.85 bits per heavy atom. The third kappa shape index (κ3) is 6.01. The maximum atomic E-state index is 13.1. The number of anilines is 1. The first-order valence-electron chi connectivity index (χ1n) is 10.7. The molecule has 0 saturated carbocycles. The van der Waals surface area contributed by atoms with E-state index in [1.54, 1.807) is 26.8 Å². The van der Waals surface area contributed by atoms with Crippen LogP contribution in [0.4, 0.5) is 5.69 Å². The summed E-state index contributed by atoms with van der Waals surface area (Å²) in [5.41, 5.74) is -0.597. The van der Waals surface area contributed by atoms with E-state index >= 15 is 0 Å². The molecule has 182 valence electrons. The van der Waals surface area contributed by atoms with Crippen LogP contribution in [0.1, 0.15) is 38.1 Å². The second-order valence-electron chi connectivity index (χ2n) is 8.57. The number of hydrogen-bond donors (Lipinski definition) is 1. The second-order valence-corrected chi connectivity index (χ2v) is 10.7. The Labute approximate surface area is 195 Å². The van der Waals surface area contributed by atoms with Gasteiger partial charge in [-0.05, 0) is 38.0 Å². The smallest absolute Gasteiger partial charge is 0.341 e. The van der Waals surface area contributed by atoms with E-state index in [1.165, 1.54) is 33.2 Å². The predicted molar refractivity (Wildman–Crippen MR) is 122 cm³/mol. The first-order chi connectivity index (χ1) is 15.3. The number of nitrogens with one attached hydrogen (secondary N) is 1. The molecule has 1 amide bonds. The van der Waals surface area contributed by atoms with E-state index in [1.807, 2.05) is 4.90 Å². The zero-order valence-electron chi connectivity index (χ0n) is 19.9. The molecule has 0 spiro atoms. The van der Waals surface area contributed by atoms with Gasteiger partial charge in [-0.1, -0.05) is 13.8 Å². The summed E-state index contributed by atoms with van der Waals surface area (Å²) >= 11 is 0. The molecule has 0 radical (unpaired) electrons. The number of amides is 1. The Balaban J connectivity index is 2.36. The van der Waals surface area contributed by atoms with Crippen LogP contribution >= 0.6 is 0 Å². The Bertz CT molecular complexity index is 1030. The van der Waals surface area contributed by atoms with Gasteiger partial charge in [0.2, 0.25) is 10.0 Å². The molecule has 0 unspecified atom stereocenters. The molecule has 1 saturated heterocycles. The van der Waals surface area contributed by atoms with E-state index in [-0.39, 0.29) is 16.4 Å². The molecule has 0 aromatic heterocycles. The summed E-state index contributed by atoms with van der Waals surface area (Å²) in [4.78, 5) is 27.6. The summed E-state index contributed by atoms with van der Waals surface area (Å²) in [6.45, 7) is 8.56. The van der Waals surface area contributed by atoms with Gasteiger partial charge in [-0.25, -0.2) is 17.5 Å². The monoisotopic (exact) mass is 480 g/mol. The summed E-state index contributed by atoms with van der Waals surface area (Å²) < 4.78 is 37.1. The fourth-order valence-corrected chi connectivity index (χ4v) is 3.99. The van der Waals surface area contributed by atoms with Crippen molar-refractivity contribution in [1.29, 1.82) is 5.26 Å². The number of carbonyl (C=O) groups is 2. The van der Waals surface area contributed by atoms with Gasteiger partial charge in [0.05, 0.1) is 35.4 Å². The van der Waals surface area contributed by atoms with Crippen molar-refractivity contribution in [2.45, 2.75) is 44.2 Å². The number of sulfonamides is 1. The van der Waals surface area contributed by atoms with Crippen LogP contribution < -0.4 is 10.2 Å². The Hall–Kier alpha value is -2.68. The molecule has 1 fully saturated rings. The summed E-state index contributed by atoms with van der Waals surface area (Å²) in [7, 11) is -0.996. The van der Waals surface area contributed by atoms with Gasteiger partial charge >= 0.3 is 5.97 Å². The Morgan fingerprint density at radius 3 is 2.36 bits per heavy atom. The van der Waals surface area contributed by atoms with Gasteiger partial charge in [-0.2, -0.15) is 5.26 Å². The fourth-order valence-electron chi connectivity index (χ4n) is 3.07. The lowest BCUT2D eigenvalue weighted by atomic mass is 9.90. The molecule has 0 aliphatic carbocycles. The van der Waals surface area contributed by atoms with Gasteiger partial charge in [0.15, 0.2) is 6.10 Å². The van der Waals surface area contributed by atoms with Gasteiger partial charge in [0.1, 0.15) is 5.54 Å². The minimum absolute atomic E-state index is 0.0337. The van der Waals surface area contributed by atoms with Gasteiger partial charge < -0.3 is 19.7 Å². The van der Waals surface area contributed by atoms with E-state index in [9.17, 15) is 23.3 Å². The topological polar surface area (TPSA) is 129 Å². The average molecular weight is 481 g/mol. The van der Waals surface area contributed by atoms with Crippen LogP contribution in [0, 0.1) is 17.2 Å². The molecule has 1 heterocycles. The van der Waals surface area contributed by atoms with Crippen molar-refractivity contribution in [2.24, 2.45) is 5.92 Å². The van der Waals surface area contributed by atoms with Crippen molar-refractivity contribution in [1.82, 2.24) is 9.62 Å². The van der Waals surface area contributed by atoms with Crippen LogP contribution in [-0.2, 0) is 24.3 Å². The van der Waals surface area contributed by atoms with Crippen molar-refractivity contribution < 1.29 is 27.5 Å². The average Bonchev–Trinajstić information content (AvgIpc) is 2.78. The third-order valence-corrected chi connectivity index (χ3v) is 7.55.